The molecule has 0 saturated heterocycles. The second-order valence-corrected chi connectivity index (χ2v) is 6.18. The lowest BCUT2D eigenvalue weighted by atomic mass is 10.1. The van der Waals surface area contributed by atoms with Gasteiger partial charge in [-0.15, -0.1) is 12.4 Å². The van der Waals surface area contributed by atoms with Crippen LogP contribution in [0.3, 0.4) is 0 Å². The Bertz CT molecular complexity index is 959. The third-order valence-electron chi connectivity index (χ3n) is 4.31. The Balaban J connectivity index is 0.00000261. The zero-order valence-corrected chi connectivity index (χ0v) is 15.9. The van der Waals surface area contributed by atoms with Gasteiger partial charge in [-0.05, 0) is 31.0 Å². The summed E-state index contributed by atoms with van der Waals surface area (Å²) in [6.45, 7) is 2.59. The fraction of sp³-hybridized carbons (Fsp3) is 0.250. The number of fused-ring (bicyclic) bond motifs is 1. The Morgan fingerprint density at radius 3 is 2.52 bits per heavy atom. The number of halogens is 1. The van der Waals surface area contributed by atoms with Crippen molar-refractivity contribution in [2.24, 2.45) is 5.73 Å². The van der Waals surface area contributed by atoms with Gasteiger partial charge in [0.05, 0.1) is 23.5 Å². The van der Waals surface area contributed by atoms with Gasteiger partial charge in [-0.3, -0.25) is 9.59 Å². The van der Waals surface area contributed by atoms with Crippen LogP contribution in [0.15, 0.2) is 59.4 Å². The van der Waals surface area contributed by atoms with E-state index in [1.165, 1.54) is 0 Å². The zero-order chi connectivity index (χ0) is 18.5. The van der Waals surface area contributed by atoms with Crippen molar-refractivity contribution in [3.63, 3.8) is 0 Å². The molecule has 1 atom stereocenters. The highest BCUT2D eigenvalue weighted by Crippen LogP contribution is 2.09. The molecular formula is C20H23ClN4O2. The van der Waals surface area contributed by atoms with E-state index in [9.17, 15) is 9.59 Å². The van der Waals surface area contributed by atoms with Crippen LogP contribution in [0.2, 0.25) is 0 Å². The predicted molar refractivity (Wildman–Crippen MR) is 109 cm³/mol. The lowest BCUT2D eigenvalue weighted by molar-refractivity contribution is -0.133. The summed E-state index contributed by atoms with van der Waals surface area (Å²) in [7, 11) is 0. The van der Waals surface area contributed by atoms with E-state index in [0.717, 1.165) is 5.56 Å². The summed E-state index contributed by atoms with van der Waals surface area (Å²) in [6, 6.07) is 16.2. The van der Waals surface area contributed by atoms with Gasteiger partial charge in [0.15, 0.2) is 0 Å². The minimum absolute atomic E-state index is 0. The predicted octanol–water partition coefficient (Wildman–Crippen LogP) is 2.26. The fourth-order valence-corrected chi connectivity index (χ4v) is 2.93. The van der Waals surface area contributed by atoms with E-state index in [4.69, 9.17) is 5.73 Å². The molecule has 1 amide bonds. The molecule has 0 unspecified atom stereocenters. The molecule has 3 rings (SSSR count). The topological polar surface area (TPSA) is 92.1 Å². The fourth-order valence-electron chi connectivity index (χ4n) is 2.93. The lowest BCUT2D eigenvalue weighted by Gasteiger charge is -2.24. The number of nitrogens with zero attached hydrogens (tertiary/aromatic N) is 2. The van der Waals surface area contributed by atoms with E-state index in [-0.39, 0.29) is 30.4 Å². The Kier molecular flexibility index (Phi) is 7.10. The summed E-state index contributed by atoms with van der Waals surface area (Å²) in [6.07, 6.45) is 0.470. The maximum Gasteiger partial charge on any atom is 0.258 e. The van der Waals surface area contributed by atoms with Crippen molar-refractivity contribution in [1.82, 2.24) is 14.9 Å². The van der Waals surface area contributed by atoms with Gasteiger partial charge in [-0.25, -0.2) is 4.98 Å². The molecule has 0 spiro atoms. The molecule has 1 heterocycles. The number of benzene rings is 2. The normalized spacial score (nSPS) is 11.6. The number of likely N-dealkylation sites (N-methyl/N-ethyl adjacent to an activating group) is 1. The first kappa shape index (κ1) is 20.6. The third-order valence-corrected chi connectivity index (χ3v) is 4.31. The molecule has 1 aromatic heterocycles. The molecular weight excluding hydrogens is 364 g/mol. The summed E-state index contributed by atoms with van der Waals surface area (Å²) in [5.41, 5.74) is 7.54. The van der Waals surface area contributed by atoms with Crippen LogP contribution < -0.4 is 11.3 Å². The van der Waals surface area contributed by atoms with Crippen molar-refractivity contribution in [3.8, 4) is 0 Å². The van der Waals surface area contributed by atoms with Gasteiger partial charge >= 0.3 is 0 Å². The molecule has 7 heteroatoms. The molecule has 0 fully saturated rings. The molecule has 0 saturated carbocycles. The summed E-state index contributed by atoms with van der Waals surface area (Å²) < 4.78 is 0. The second kappa shape index (κ2) is 9.30. The molecule has 0 bridgehead atoms. The Morgan fingerprint density at radius 1 is 1.15 bits per heavy atom. The summed E-state index contributed by atoms with van der Waals surface area (Å²) in [4.78, 5) is 33.7. The number of nitrogens with one attached hydrogen (secondary N) is 1. The van der Waals surface area contributed by atoms with Crippen molar-refractivity contribution < 1.29 is 4.79 Å². The standard InChI is InChI=1S/C20H22N4O2.ClH/c1-2-24(20(26)16(21)12-14-8-4-3-5-9-14)13-18-22-17-11-7-6-10-15(17)19(25)23-18;/h3-11,16H,2,12-13,21H2,1H3,(H,22,23,25);1H/t16-;/m0./s1. The molecule has 142 valence electrons. The number of carbonyl (C=O) groups is 1. The van der Waals surface area contributed by atoms with E-state index in [0.29, 0.717) is 29.7 Å². The van der Waals surface area contributed by atoms with Crippen LogP contribution >= 0.6 is 12.4 Å². The Hall–Kier alpha value is -2.70. The molecule has 0 aliphatic heterocycles. The van der Waals surface area contributed by atoms with Crippen LogP contribution in [0.4, 0.5) is 0 Å². The summed E-state index contributed by atoms with van der Waals surface area (Å²) >= 11 is 0. The minimum atomic E-state index is -0.635. The van der Waals surface area contributed by atoms with Crippen molar-refractivity contribution in [2.45, 2.75) is 25.9 Å². The first-order valence-corrected chi connectivity index (χ1v) is 8.64. The number of para-hydroxylation sites is 1. The second-order valence-electron chi connectivity index (χ2n) is 6.18. The van der Waals surface area contributed by atoms with E-state index < -0.39 is 6.04 Å². The molecule has 6 nitrogen and oxygen atoms in total. The monoisotopic (exact) mass is 386 g/mol. The number of amides is 1. The number of aromatic nitrogens is 2. The number of carbonyl (C=O) groups excluding carboxylic acids is 1. The first-order valence-electron chi connectivity index (χ1n) is 8.64. The smallest absolute Gasteiger partial charge is 0.258 e. The van der Waals surface area contributed by atoms with E-state index >= 15 is 0 Å². The van der Waals surface area contributed by atoms with Gasteiger partial charge in [0.25, 0.3) is 5.56 Å². The van der Waals surface area contributed by atoms with Gasteiger partial charge in [0.2, 0.25) is 5.91 Å². The quantitative estimate of drug-likeness (QED) is 0.679. The van der Waals surface area contributed by atoms with Crippen LogP contribution in [0.1, 0.15) is 18.3 Å². The van der Waals surface area contributed by atoms with Crippen molar-refractivity contribution in [1.29, 1.82) is 0 Å². The summed E-state index contributed by atoms with van der Waals surface area (Å²) in [5, 5.41) is 0.534. The van der Waals surface area contributed by atoms with Crippen LogP contribution in [-0.4, -0.2) is 33.4 Å². The molecule has 2 aromatic carbocycles. The average Bonchev–Trinajstić information content (AvgIpc) is 2.66. The van der Waals surface area contributed by atoms with E-state index in [1.807, 2.05) is 43.3 Å². The van der Waals surface area contributed by atoms with Crippen LogP contribution in [0.25, 0.3) is 10.9 Å². The zero-order valence-electron chi connectivity index (χ0n) is 15.1. The van der Waals surface area contributed by atoms with E-state index in [1.54, 1.807) is 23.1 Å². The average molecular weight is 387 g/mol. The SMILES string of the molecule is CCN(Cc1nc2ccccc2c(=O)[nH]1)C(=O)[C@@H](N)Cc1ccccc1.Cl. The number of nitrogens with two attached hydrogens (primary N) is 1. The Morgan fingerprint density at radius 2 is 1.81 bits per heavy atom. The molecule has 3 N–H and O–H groups in total. The summed E-state index contributed by atoms with van der Waals surface area (Å²) in [5.74, 6) is 0.294. The highest BCUT2D eigenvalue weighted by atomic mass is 35.5. The van der Waals surface area contributed by atoms with Gasteiger partial charge in [-0.2, -0.15) is 0 Å². The lowest BCUT2D eigenvalue weighted by Crippen LogP contribution is -2.44. The van der Waals surface area contributed by atoms with Crippen molar-refractivity contribution in [3.05, 3.63) is 76.3 Å². The van der Waals surface area contributed by atoms with Gasteiger partial charge in [0, 0.05) is 6.54 Å². The van der Waals surface area contributed by atoms with Gasteiger partial charge in [0.1, 0.15) is 5.82 Å². The first-order chi connectivity index (χ1) is 12.6. The van der Waals surface area contributed by atoms with Crippen LogP contribution in [0, 0.1) is 0 Å². The van der Waals surface area contributed by atoms with Gasteiger partial charge in [-0.1, -0.05) is 42.5 Å². The molecule has 3 aromatic rings. The Labute approximate surface area is 163 Å². The number of H-pyrrole nitrogens is 1. The van der Waals surface area contributed by atoms with Gasteiger partial charge < -0.3 is 15.6 Å². The molecule has 0 aliphatic carbocycles. The van der Waals surface area contributed by atoms with Crippen LogP contribution in [0.5, 0.6) is 0 Å². The number of hydrogen-bond acceptors (Lipinski definition) is 4. The van der Waals surface area contributed by atoms with Crippen molar-refractivity contribution in [2.75, 3.05) is 6.54 Å². The molecule has 0 radical (unpaired) electrons. The maximum absolute atomic E-state index is 12.7. The minimum Gasteiger partial charge on any atom is -0.334 e. The highest BCUT2D eigenvalue weighted by molar-refractivity contribution is 5.85. The number of rotatable bonds is 6. The number of aromatic amines is 1. The van der Waals surface area contributed by atoms with Crippen molar-refractivity contribution >= 4 is 29.2 Å². The number of hydrogen-bond donors (Lipinski definition) is 2. The third kappa shape index (κ3) is 4.93. The van der Waals surface area contributed by atoms with E-state index in [2.05, 4.69) is 9.97 Å². The van der Waals surface area contributed by atoms with Crippen LogP contribution in [-0.2, 0) is 17.8 Å². The molecule has 0 aliphatic rings. The highest BCUT2D eigenvalue weighted by Gasteiger charge is 2.21. The largest absolute Gasteiger partial charge is 0.334 e. The molecule has 27 heavy (non-hydrogen) atoms. The maximum atomic E-state index is 12.7.